The quantitative estimate of drug-likeness (QED) is 0.308. The first-order valence-corrected chi connectivity index (χ1v) is 12.4. The van der Waals surface area contributed by atoms with Crippen molar-refractivity contribution in [3.8, 4) is 0 Å². The van der Waals surface area contributed by atoms with Crippen molar-refractivity contribution < 1.29 is 23.7 Å². The van der Waals surface area contributed by atoms with Crippen LogP contribution in [0.1, 0.15) is 16.7 Å². The molecule has 180 valence electrons. The summed E-state index contributed by atoms with van der Waals surface area (Å²) in [6, 6.07) is 30.3. The predicted molar refractivity (Wildman–Crippen MR) is 135 cm³/mol. The van der Waals surface area contributed by atoms with E-state index in [1.54, 1.807) is 7.11 Å². The maximum absolute atomic E-state index is 6.39. The van der Waals surface area contributed by atoms with Gasteiger partial charge in [-0.15, -0.1) is 0 Å². The molecule has 0 spiro atoms. The lowest BCUT2D eigenvalue weighted by atomic mass is 9.99. The Bertz CT molecular complexity index is 956. The monoisotopic (exact) mass is 526 g/mol. The van der Waals surface area contributed by atoms with Gasteiger partial charge in [0.05, 0.1) is 26.4 Å². The molecule has 1 fully saturated rings. The van der Waals surface area contributed by atoms with Crippen molar-refractivity contribution in [1.82, 2.24) is 0 Å². The first-order chi connectivity index (χ1) is 16.7. The van der Waals surface area contributed by atoms with Crippen LogP contribution in [0.25, 0.3) is 0 Å². The van der Waals surface area contributed by atoms with E-state index < -0.39 is 0 Å². The van der Waals surface area contributed by atoms with Gasteiger partial charge in [0, 0.05) is 7.11 Å². The molecule has 0 saturated carbocycles. The summed E-state index contributed by atoms with van der Waals surface area (Å²) < 4.78 is 30.9. The highest BCUT2D eigenvalue weighted by molar-refractivity contribution is 9.09. The SMILES string of the molecule is CO[C@H]1[C@H](OCc2ccccc2)[C@@H](COCc2ccccc2)OC(Br)[C@@H]1OCc1ccccc1. The first kappa shape index (κ1) is 25.0. The van der Waals surface area contributed by atoms with Gasteiger partial charge >= 0.3 is 0 Å². The Hall–Kier alpha value is -2.06. The van der Waals surface area contributed by atoms with Crippen LogP contribution in [-0.2, 0) is 43.5 Å². The fourth-order valence-electron chi connectivity index (χ4n) is 4.05. The molecule has 0 bridgehead atoms. The molecule has 1 heterocycles. The van der Waals surface area contributed by atoms with Crippen LogP contribution in [0.2, 0.25) is 0 Å². The molecule has 5 atom stereocenters. The van der Waals surface area contributed by atoms with E-state index in [1.165, 1.54) is 0 Å². The zero-order valence-electron chi connectivity index (χ0n) is 19.3. The number of halogens is 1. The summed E-state index contributed by atoms with van der Waals surface area (Å²) >= 11 is 3.67. The second-order valence-corrected chi connectivity index (χ2v) is 9.15. The third-order valence-corrected chi connectivity index (χ3v) is 6.55. The molecule has 6 heteroatoms. The third-order valence-electron chi connectivity index (χ3n) is 5.81. The smallest absolute Gasteiger partial charge is 0.141 e. The van der Waals surface area contributed by atoms with E-state index in [4.69, 9.17) is 23.7 Å². The fourth-order valence-corrected chi connectivity index (χ4v) is 4.78. The fraction of sp³-hybridized carbons (Fsp3) is 0.357. The van der Waals surface area contributed by atoms with E-state index in [2.05, 4.69) is 15.9 Å². The summed E-state index contributed by atoms with van der Waals surface area (Å²) in [6.45, 7) is 1.78. The van der Waals surface area contributed by atoms with Crippen molar-refractivity contribution in [3.05, 3.63) is 108 Å². The van der Waals surface area contributed by atoms with Gasteiger partial charge in [-0.2, -0.15) is 0 Å². The highest BCUT2D eigenvalue weighted by atomic mass is 79.9. The number of benzene rings is 3. The van der Waals surface area contributed by atoms with Crippen molar-refractivity contribution in [2.75, 3.05) is 13.7 Å². The predicted octanol–water partition coefficient (Wildman–Crippen LogP) is 5.51. The number of hydrogen-bond donors (Lipinski definition) is 0. The molecule has 1 aliphatic heterocycles. The average Bonchev–Trinajstić information content (AvgIpc) is 2.89. The van der Waals surface area contributed by atoms with Gasteiger partial charge in [-0.3, -0.25) is 0 Å². The summed E-state index contributed by atoms with van der Waals surface area (Å²) in [5.41, 5.74) is 3.29. The van der Waals surface area contributed by atoms with E-state index >= 15 is 0 Å². The van der Waals surface area contributed by atoms with E-state index in [0.717, 1.165) is 16.7 Å². The molecule has 0 amide bonds. The maximum Gasteiger partial charge on any atom is 0.141 e. The summed E-state index contributed by atoms with van der Waals surface area (Å²) in [6.07, 6.45) is -1.37. The van der Waals surface area contributed by atoms with E-state index in [1.807, 2.05) is 91.0 Å². The van der Waals surface area contributed by atoms with Crippen LogP contribution in [0.15, 0.2) is 91.0 Å². The zero-order chi connectivity index (χ0) is 23.6. The number of methoxy groups -OCH3 is 1. The Kier molecular flexibility index (Phi) is 9.68. The summed E-state index contributed by atoms with van der Waals surface area (Å²) in [5.74, 6) is 0. The Balaban J connectivity index is 1.45. The summed E-state index contributed by atoms with van der Waals surface area (Å²) in [4.78, 5) is 0. The van der Waals surface area contributed by atoms with Gasteiger partial charge in [0.15, 0.2) is 0 Å². The molecule has 34 heavy (non-hydrogen) atoms. The molecule has 3 aromatic rings. The molecular formula is C28H31BrO5. The number of rotatable bonds is 11. The van der Waals surface area contributed by atoms with Crippen LogP contribution >= 0.6 is 15.9 Å². The van der Waals surface area contributed by atoms with Gasteiger partial charge in [-0.05, 0) is 16.7 Å². The molecule has 0 N–H and O–H groups in total. The van der Waals surface area contributed by atoms with Crippen LogP contribution < -0.4 is 0 Å². The molecule has 5 nitrogen and oxygen atoms in total. The number of hydrogen-bond acceptors (Lipinski definition) is 5. The number of ether oxygens (including phenoxy) is 5. The molecule has 0 aliphatic carbocycles. The van der Waals surface area contributed by atoms with Crippen LogP contribution in [0, 0.1) is 0 Å². The molecule has 1 saturated heterocycles. The standard InChI is InChI=1S/C28H31BrO5/c1-30-26-25(32-18-22-13-7-3-8-14-22)24(20-31-17-21-11-5-2-6-12-21)34-28(29)27(26)33-19-23-15-9-4-10-16-23/h2-16,24-28H,17-20H2,1H3/t24-,25-,26+,27-,28?/m1/s1. The third kappa shape index (κ3) is 6.98. The van der Waals surface area contributed by atoms with Crippen LogP contribution in [0.5, 0.6) is 0 Å². The largest absolute Gasteiger partial charge is 0.376 e. The molecule has 0 radical (unpaired) electrons. The minimum atomic E-state index is -0.365. The minimum Gasteiger partial charge on any atom is -0.376 e. The van der Waals surface area contributed by atoms with Gasteiger partial charge < -0.3 is 23.7 Å². The second-order valence-electron chi connectivity index (χ2n) is 8.25. The van der Waals surface area contributed by atoms with Crippen LogP contribution in [0.4, 0.5) is 0 Å². The molecular weight excluding hydrogens is 496 g/mol. The van der Waals surface area contributed by atoms with E-state index in [0.29, 0.717) is 26.4 Å². The van der Waals surface area contributed by atoms with Gasteiger partial charge in [0.2, 0.25) is 0 Å². The lowest BCUT2D eigenvalue weighted by Crippen LogP contribution is -2.59. The van der Waals surface area contributed by atoms with Gasteiger partial charge in [-0.25, -0.2) is 0 Å². The van der Waals surface area contributed by atoms with Crippen LogP contribution in [0.3, 0.4) is 0 Å². The Morgan fingerprint density at radius 2 is 1.12 bits per heavy atom. The molecule has 1 unspecified atom stereocenters. The Morgan fingerprint density at radius 1 is 0.647 bits per heavy atom. The van der Waals surface area contributed by atoms with Gasteiger partial charge in [0.1, 0.15) is 29.4 Å². The van der Waals surface area contributed by atoms with Crippen molar-refractivity contribution in [3.63, 3.8) is 0 Å². The molecule has 4 rings (SSSR count). The molecule has 0 aromatic heterocycles. The van der Waals surface area contributed by atoms with Crippen molar-refractivity contribution in [1.29, 1.82) is 0 Å². The van der Waals surface area contributed by atoms with E-state index in [-0.39, 0.29) is 29.4 Å². The maximum atomic E-state index is 6.39. The molecule has 1 aliphatic rings. The minimum absolute atomic E-state index is 0.321. The average molecular weight is 527 g/mol. The first-order valence-electron chi connectivity index (χ1n) is 11.5. The molecule has 3 aromatic carbocycles. The Morgan fingerprint density at radius 3 is 1.62 bits per heavy atom. The normalized spacial score (nSPS) is 24.7. The lowest BCUT2D eigenvalue weighted by Gasteiger charge is -2.44. The Labute approximate surface area is 210 Å². The summed E-state index contributed by atoms with van der Waals surface area (Å²) in [5, 5.41) is -0.358. The van der Waals surface area contributed by atoms with E-state index in [9.17, 15) is 0 Å². The second kappa shape index (κ2) is 13.1. The lowest BCUT2D eigenvalue weighted by molar-refractivity contribution is -0.245. The highest BCUT2D eigenvalue weighted by Crippen LogP contribution is 2.32. The highest BCUT2D eigenvalue weighted by Gasteiger charge is 2.47. The zero-order valence-corrected chi connectivity index (χ0v) is 20.9. The van der Waals surface area contributed by atoms with Crippen molar-refractivity contribution >= 4 is 15.9 Å². The van der Waals surface area contributed by atoms with Crippen molar-refractivity contribution in [2.24, 2.45) is 0 Å². The van der Waals surface area contributed by atoms with Crippen molar-refractivity contribution in [2.45, 2.75) is 49.2 Å². The van der Waals surface area contributed by atoms with Crippen LogP contribution in [-0.4, -0.2) is 43.1 Å². The van der Waals surface area contributed by atoms with Gasteiger partial charge in [0.25, 0.3) is 0 Å². The number of alkyl halides is 1. The van der Waals surface area contributed by atoms with Gasteiger partial charge in [-0.1, -0.05) is 107 Å². The summed E-state index contributed by atoms with van der Waals surface area (Å²) in [7, 11) is 1.69. The topological polar surface area (TPSA) is 46.2 Å².